The number of alkyl halides is 3. The highest BCUT2D eigenvalue weighted by Gasteiger charge is 2.29. The third-order valence-corrected chi connectivity index (χ3v) is 1.27. The fourth-order valence-electron chi connectivity index (χ4n) is 0.721. The highest BCUT2D eigenvalue weighted by atomic mass is 32.1. The number of halogens is 3. The van der Waals surface area contributed by atoms with E-state index in [-0.39, 0.29) is 16.5 Å². The molecule has 1 heterocycles. The summed E-state index contributed by atoms with van der Waals surface area (Å²) in [4.78, 5) is 8.96. The lowest BCUT2D eigenvalue weighted by atomic mass is 10.4. The van der Waals surface area contributed by atoms with Crippen LogP contribution in [0.15, 0.2) is 0 Å². The van der Waals surface area contributed by atoms with Gasteiger partial charge in [0.05, 0.1) is 0 Å². The van der Waals surface area contributed by atoms with E-state index in [2.05, 4.69) is 27.2 Å². The molecule has 0 aliphatic heterocycles. The maximum atomic E-state index is 11.8. The van der Waals surface area contributed by atoms with E-state index in [1.54, 1.807) is 0 Å². The van der Waals surface area contributed by atoms with Crippen molar-refractivity contribution < 1.29 is 13.2 Å². The predicted molar refractivity (Wildman–Crippen MR) is 41.4 cm³/mol. The first-order valence-electron chi connectivity index (χ1n) is 3.16. The minimum absolute atomic E-state index is 0.167. The Morgan fingerprint density at radius 1 is 1.38 bits per heavy atom. The first-order valence-corrected chi connectivity index (χ1v) is 3.57. The molecule has 8 heteroatoms. The van der Waals surface area contributed by atoms with Gasteiger partial charge >= 0.3 is 6.18 Å². The minimum Gasteiger partial charge on any atom is -0.369 e. The van der Waals surface area contributed by atoms with Crippen molar-refractivity contribution in [2.24, 2.45) is 0 Å². The van der Waals surface area contributed by atoms with Gasteiger partial charge in [-0.1, -0.05) is 0 Å². The summed E-state index contributed by atoms with van der Waals surface area (Å²) >= 11 is 4.49. The maximum absolute atomic E-state index is 11.8. The first-order chi connectivity index (χ1) is 5.87. The molecule has 13 heavy (non-hydrogen) atoms. The number of anilines is 1. The number of H-pyrrole nitrogens is 1. The van der Waals surface area contributed by atoms with Crippen LogP contribution in [0, 0.1) is 4.77 Å². The van der Waals surface area contributed by atoms with Gasteiger partial charge in [0.1, 0.15) is 12.2 Å². The van der Waals surface area contributed by atoms with E-state index in [0.29, 0.717) is 0 Å². The van der Waals surface area contributed by atoms with Gasteiger partial charge in [0.15, 0.2) is 0 Å². The molecular formula is C5H5F3N4S. The maximum Gasteiger partial charge on any atom is 0.396 e. The van der Waals surface area contributed by atoms with Crippen molar-refractivity contribution in [3.05, 3.63) is 10.6 Å². The standard InChI is InChI=1S/C5H5F3N4S/c6-5(7,8)1-2-10-3(9)12-4(13)11-2/h1H2,(H3,9,10,11,12,13). The highest BCUT2D eigenvalue weighted by molar-refractivity contribution is 7.71. The van der Waals surface area contributed by atoms with E-state index in [9.17, 15) is 13.2 Å². The quantitative estimate of drug-likeness (QED) is 0.684. The van der Waals surface area contributed by atoms with Gasteiger partial charge < -0.3 is 10.7 Å². The molecule has 0 radical (unpaired) electrons. The molecule has 4 nitrogen and oxygen atoms in total. The van der Waals surface area contributed by atoms with Crippen molar-refractivity contribution in [1.29, 1.82) is 0 Å². The Kier molecular flexibility index (Phi) is 2.50. The van der Waals surface area contributed by atoms with E-state index in [4.69, 9.17) is 5.73 Å². The summed E-state index contributed by atoms with van der Waals surface area (Å²) in [5, 5.41) is 0. The Bertz CT molecular complexity index is 358. The van der Waals surface area contributed by atoms with Gasteiger partial charge in [0, 0.05) is 0 Å². The molecule has 0 aliphatic rings. The number of nitrogens with zero attached hydrogens (tertiary/aromatic N) is 2. The molecule has 0 saturated carbocycles. The summed E-state index contributed by atoms with van der Waals surface area (Å²) in [5.74, 6) is -0.496. The fraction of sp³-hybridized carbons (Fsp3) is 0.400. The molecule has 1 rings (SSSR count). The van der Waals surface area contributed by atoms with E-state index in [1.165, 1.54) is 0 Å². The van der Waals surface area contributed by atoms with Crippen LogP contribution in [0.3, 0.4) is 0 Å². The third-order valence-electron chi connectivity index (χ3n) is 1.09. The zero-order valence-electron chi connectivity index (χ0n) is 6.22. The third kappa shape index (κ3) is 3.36. The van der Waals surface area contributed by atoms with Crippen LogP contribution >= 0.6 is 12.2 Å². The van der Waals surface area contributed by atoms with Crippen LogP contribution in [-0.4, -0.2) is 21.1 Å². The number of aromatic amines is 1. The van der Waals surface area contributed by atoms with E-state index in [0.717, 1.165) is 0 Å². The molecule has 3 N–H and O–H groups in total. The summed E-state index contributed by atoms with van der Waals surface area (Å²) in [6, 6.07) is 0. The number of nitrogens with two attached hydrogens (primary N) is 1. The molecule has 0 aromatic carbocycles. The summed E-state index contributed by atoms with van der Waals surface area (Å²) in [7, 11) is 0. The number of rotatable bonds is 1. The minimum atomic E-state index is -4.33. The van der Waals surface area contributed by atoms with Gasteiger partial charge in [-0.3, -0.25) is 0 Å². The molecule has 72 valence electrons. The monoisotopic (exact) mass is 210 g/mol. The molecule has 0 bridgehead atoms. The van der Waals surface area contributed by atoms with Crippen molar-refractivity contribution in [3.8, 4) is 0 Å². The molecule has 0 fully saturated rings. The predicted octanol–water partition coefficient (Wildman–Crippen LogP) is 1.22. The Balaban J connectivity index is 2.96. The number of aromatic nitrogens is 3. The average Bonchev–Trinajstić information content (AvgIpc) is 1.78. The van der Waals surface area contributed by atoms with Gasteiger partial charge in [-0.2, -0.15) is 18.2 Å². The van der Waals surface area contributed by atoms with Crippen LogP contribution in [0.2, 0.25) is 0 Å². The van der Waals surface area contributed by atoms with Crippen LogP contribution in [0.5, 0.6) is 0 Å². The molecule has 0 saturated heterocycles. The lowest BCUT2D eigenvalue weighted by Crippen LogP contribution is -2.15. The topological polar surface area (TPSA) is 67.6 Å². The van der Waals surface area contributed by atoms with Crippen LogP contribution < -0.4 is 5.73 Å². The van der Waals surface area contributed by atoms with Gasteiger partial charge in [0.25, 0.3) is 0 Å². The number of hydrogen-bond acceptors (Lipinski definition) is 4. The van der Waals surface area contributed by atoms with Crippen LogP contribution in [0.4, 0.5) is 19.1 Å². The molecule has 0 aliphatic carbocycles. The Morgan fingerprint density at radius 2 is 2.00 bits per heavy atom. The Labute approximate surface area is 76.0 Å². The summed E-state index contributed by atoms with van der Waals surface area (Å²) < 4.78 is 35.3. The smallest absolute Gasteiger partial charge is 0.369 e. The fourth-order valence-corrected chi connectivity index (χ4v) is 0.929. The lowest BCUT2D eigenvalue weighted by Gasteiger charge is -2.05. The van der Waals surface area contributed by atoms with Crippen molar-refractivity contribution in [2.45, 2.75) is 12.6 Å². The van der Waals surface area contributed by atoms with Gasteiger partial charge in [-0.25, -0.2) is 4.98 Å². The number of nitrogens with one attached hydrogen (secondary N) is 1. The van der Waals surface area contributed by atoms with Gasteiger partial charge in [-0.05, 0) is 12.2 Å². The normalized spacial score (nSPS) is 11.6. The second-order valence-electron chi connectivity index (χ2n) is 2.26. The van der Waals surface area contributed by atoms with Crippen molar-refractivity contribution in [1.82, 2.24) is 15.0 Å². The van der Waals surface area contributed by atoms with Crippen molar-refractivity contribution in [2.75, 3.05) is 5.73 Å². The summed E-state index contributed by atoms with van der Waals surface area (Å²) in [6.07, 6.45) is -5.53. The first kappa shape index (κ1) is 9.90. The number of hydrogen-bond donors (Lipinski definition) is 2. The van der Waals surface area contributed by atoms with Gasteiger partial charge in [-0.15, -0.1) is 0 Å². The lowest BCUT2D eigenvalue weighted by molar-refractivity contribution is -0.128. The molecular weight excluding hydrogens is 205 g/mol. The van der Waals surface area contributed by atoms with Crippen LogP contribution in [0.25, 0.3) is 0 Å². The van der Waals surface area contributed by atoms with E-state index >= 15 is 0 Å². The molecule has 1 aromatic rings. The van der Waals surface area contributed by atoms with Crippen LogP contribution in [0.1, 0.15) is 5.82 Å². The second-order valence-corrected chi connectivity index (χ2v) is 2.62. The molecule has 0 unspecified atom stereocenters. The average molecular weight is 210 g/mol. The van der Waals surface area contributed by atoms with Crippen molar-refractivity contribution in [3.63, 3.8) is 0 Å². The Hall–Kier alpha value is -1.18. The zero-order valence-corrected chi connectivity index (χ0v) is 7.04. The van der Waals surface area contributed by atoms with E-state index < -0.39 is 12.6 Å². The van der Waals surface area contributed by atoms with Crippen molar-refractivity contribution >= 4 is 18.2 Å². The van der Waals surface area contributed by atoms with Crippen LogP contribution in [-0.2, 0) is 6.42 Å². The van der Waals surface area contributed by atoms with E-state index in [1.807, 2.05) is 0 Å². The SMILES string of the molecule is Nc1nc(=S)nc(CC(F)(F)F)[nH]1. The zero-order chi connectivity index (χ0) is 10.1. The molecule has 0 spiro atoms. The highest BCUT2D eigenvalue weighted by Crippen LogP contribution is 2.18. The molecule has 0 amide bonds. The summed E-state index contributed by atoms with van der Waals surface area (Å²) in [5.41, 5.74) is 5.14. The largest absolute Gasteiger partial charge is 0.396 e. The second kappa shape index (κ2) is 3.29. The molecule has 1 aromatic heterocycles. The van der Waals surface area contributed by atoms with Gasteiger partial charge in [0.2, 0.25) is 10.7 Å². The molecule has 0 atom stereocenters. The Morgan fingerprint density at radius 3 is 2.46 bits per heavy atom. The number of nitrogen functional groups attached to an aromatic ring is 1. The summed E-state index contributed by atoms with van der Waals surface area (Å²) in [6.45, 7) is 0.